The molecular weight excluding hydrogens is 236 g/mol. The lowest BCUT2D eigenvalue weighted by Gasteiger charge is -2.24. The Morgan fingerprint density at radius 2 is 2.00 bits per heavy atom. The summed E-state index contributed by atoms with van der Waals surface area (Å²) in [7, 11) is 1.72. The second-order valence-corrected chi connectivity index (χ2v) is 5.90. The maximum atomic E-state index is 5.16. The van der Waals surface area contributed by atoms with Gasteiger partial charge in [0.15, 0.2) is 0 Å². The first-order valence-electron chi connectivity index (χ1n) is 6.60. The SMILES string of the molecule is C=C(NCc1cc(COC)ccc1C)NC(C)(C)C. The number of benzene rings is 1. The summed E-state index contributed by atoms with van der Waals surface area (Å²) in [6.07, 6.45) is 0. The van der Waals surface area contributed by atoms with E-state index in [-0.39, 0.29) is 5.54 Å². The second-order valence-electron chi connectivity index (χ2n) is 5.90. The molecule has 0 aliphatic carbocycles. The number of nitrogens with one attached hydrogen (secondary N) is 2. The maximum absolute atomic E-state index is 5.16. The largest absolute Gasteiger partial charge is 0.380 e. The van der Waals surface area contributed by atoms with E-state index in [4.69, 9.17) is 4.74 Å². The van der Waals surface area contributed by atoms with Gasteiger partial charge in [-0.2, -0.15) is 0 Å². The molecule has 19 heavy (non-hydrogen) atoms. The molecule has 0 radical (unpaired) electrons. The van der Waals surface area contributed by atoms with Crippen LogP contribution in [0.3, 0.4) is 0 Å². The molecule has 2 N–H and O–H groups in total. The van der Waals surface area contributed by atoms with Gasteiger partial charge in [-0.25, -0.2) is 0 Å². The van der Waals surface area contributed by atoms with Gasteiger partial charge in [0, 0.05) is 19.2 Å². The number of aryl methyl sites for hydroxylation is 1. The molecule has 1 aromatic rings. The Kier molecular flexibility index (Phi) is 5.43. The van der Waals surface area contributed by atoms with Gasteiger partial charge in [-0.3, -0.25) is 0 Å². The van der Waals surface area contributed by atoms with Crippen LogP contribution in [-0.4, -0.2) is 12.6 Å². The van der Waals surface area contributed by atoms with Crippen molar-refractivity contribution in [2.45, 2.75) is 46.4 Å². The molecule has 0 fully saturated rings. The molecule has 3 nitrogen and oxygen atoms in total. The van der Waals surface area contributed by atoms with E-state index in [2.05, 4.69) is 63.1 Å². The Morgan fingerprint density at radius 3 is 2.58 bits per heavy atom. The van der Waals surface area contributed by atoms with Crippen LogP contribution in [0.25, 0.3) is 0 Å². The van der Waals surface area contributed by atoms with Crippen LogP contribution in [0.4, 0.5) is 0 Å². The molecular formula is C16H26N2O. The van der Waals surface area contributed by atoms with Crippen molar-refractivity contribution < 1.29 is 4.74 Å². The van der Waals surface area contributed by atoms with Crippen LogP contribution in [0.5, 0.6) is 0 Å². The van der Waals surface area contributed by atoms with Crippen LogP contribution < -0.4 is 10.6 Å². The number of rotatable bonds is 6. The molecule has 1 rings (SSSR count). The number of ether oxygens (including phenoxy) is 1. The van der Waals surface area contributed by atoms with Gasteiger partial charge < -0.3 is 15.4 Å². The summed E-state index contributed by atoms with van der Waals surface area (Å²) in [5, 5.41) is 6.64. The van der Waals surface area contributed by atoms with E-state index in [1.54, 1.807) is 7.11 Å². The lowest BCUT2D eigenvalue weighted by molar-refractivity contribution is 0.185. The van der Waals surface area contributed by atoms with Crippen molar-refractivity contribution in [3.63, 3.8) is 0 Å². The van der Waals surface area contributed by atoms with Gasteiger partial charge in [-0.05, 0) is 44.4 Å². The topological polar surface area (TPSA) is 33.3 Å². The van der Waals surface area contributed by atoms with Crippen LogP contribution in [0.15, 0.2) is 30.6 Å². The van der Waals surface area contributed by atoms with Gasteiger partial charge in [0.2, 0.25) is 0 Å². The van der Waals surface area contributed by atoms with Gasteiger partial charge in [0.05, 0.1) is 12.4 Å². The van der Waals surface area contributed by atoms with Gasteiger partial charge in [0.25, 0.3) is 0 Å². The highest BCUT2D eigenvalue weighted by molar-refractivity contribution is 5.31. The lowest BCUT2D eigenvalue weighted by atomic mass is 10.1. The van der Waals surface area contributed by atoms with E-state index < -0.39 is 0 Å². The zero-order chi connectivity index (χ0) is 14.5. The number of hydrogen-bond acceptors (Lipinski definition) is 3. The number of hydrogen-bond donors (Lipinski definition) is 2. The molecule has 1 aromatic carbocycles. The van der Waals surface area contributed by atoms with Crippen LogP contribution in [0, 0.1) is 6.92 Å². The third-order valence-electron chi connectivity index (χ3n) is 2.74. The first-order valence-corrected chi connectivity index (χ1v) is 6.60. The Labute approximate surface area is 117 Å². The predicted molar refractivity (Wildman–Crippen MR) is 80.8 cm³/mol. The average molecular weight is 262 g/mol. The molecule has 0 aliphatic rings. The smallest absolute Gasteiger partial charge is 0.0919 e. The highest BCUT2D eigenvalue weighted by atomic mass is 16.5. The normalized spacial score (nSPS) is 11.2. The van der Waals surface area contributed by atoms with E-state index >= 15 is 0 Å². The van der Waals surface area contributed by atoms with Crippen LogP contribution in [0.1, 0.15) is 37.5 Å². The van der Waals surface area contributed by atoms with E-state index in [9.17, 15) is 0 Å². The monoisotopic (exact) mass is 262 g/mol. The summed E-state index contributed by atoms with van der Waals surface area (Å²) in [6.45, 7) is 13.9. The van der Waals surface area contributed by atoms with E-state index in [1.165, 1.54) is 16.7 Å². The molecule has 3 heteroatoms. The summed E-state index contributed by atoms with van der Waals surface area (Å²) >= 11 is 0. The van der Waals surface area contributed by atoms with Crippen molar-refractivity contribution >= 4 is 0 Å². The number of methoxy groups -OCH3 is 1. The van der Waals surface area contributed by atoms with E-state index in [1.807, 2.05) is 0 Å². The predicted octanol–water partition coefficient (Wildman–Crippen LogP) is 3.09. The van der Waals surface area contributed by atoms with Crippen molar-refractivity contribution in [1.29, 1.82) is 0 Å². The molecule has 0 aromatic heterocycles. The molecule has 0 saturated carbocycles. The molecule has 0 heterocycles. The lowest BCUT2D eigenvalue weighted by Crippen LogP contribution is -2.39. The van der Waals surface area contributed by atoms with Crippen LogP contribution in [0.2, 0.25) is 0 Å². The fourth-order valence-electron chi connectivity index (χ4n) is 1.87. The van der Waals surface area contributed by atoms with E-state index in [0.29, 0.717) is 6.61 Å². The minimum Gasteiger partial charge on any atom is -0.380 e. The van der Waals surface area contributed by atoms with Crippen molar-refractivity contribution in [1.82, 2.24) is 10.6 Å². The molecule has 0 spiro atoms. The minimum absolute atomic E-state index is 0.0248. The van der Waals surface area contributed by atoms with Crippen molar-refractivity contribution in [2.24, 2.45) is 0 Å². The molecule has 106 valence electrons. The molecule has 0 aliphatic heterocycles. The maximum Gasteiger partial charge on any atom is 0.0919 e. The Bertz CT molecular complexity index is 433. The zero-order valence-electron chi connectivity index (χ0n) is 12.8. The average Bonchev–Trinajstić information content (AvgIpc) is 2.28. The summed E-state index contributed by atoms with van der Waals surface area (Å²) in [4.78, 5) is 0. The molecule has 0 atom stereocenters. The first-order chi connectivity index (χ1) is 8.81. The Hall–Kier alpha value is -1.48. The Morgan fingerprint density at radius 1 is 1.32 bits per heavy atom. The summed E-state index contributed by atoms with van der Waals surface area (Å²) in [6, 6.07) is 6.41. The van der Waals surface area contributed by atoms with Crippen molar-refractivity contribution in [3.05, 3.63) is 47.3 Å². The van der Waals surface area contributed by atoms with E-state index in [0.717, 1.165) is 12.4 Å². The third-order valence-corrected chi connectivity index (χ3v) is 2.74. The fourth-order valence-corrected chi connectivity index (χ4v) is 1.87. The quantitative estimate of drug-likeness (QED) is 0.826. The minimum atomic E-state index is 0.0248. The molecule has 0 unspecified atom stereocenters. The summed E-state index contributed by atoms with van der Waals surface area (Å²) in [5.41, 5.74) is 3.76. The van der Waals surface area contributed by atoms with Crippen molar-refractivity contribution in [2.75, 3.05) is 7.11 Å². The second kappa shape index (κ2) is 6.62. The van der Waals surface area contributed by atoms with Crippen LogP contribution >= 0.6 is 0 Å². The van der Waals surface area contributed by atoms with Crippen molar-refractivity contribution in [3.8, 4) is 0 Å². The summed E-state index contributed by atoms with van der Waals surface area (Å²) in [5.74, 6) is 0.851. The van der Waals surface area contributed by atoms with Gasteiger partial charge >= 0.3 is 0 Å². The summed E-state index contributed by atoms with van der Waals surface area (Å²) < 4.78 is 5.16. The molecule has 0 amide bonds. The molecule has 0 bridgehead atoms. The standard InChI is InChI=1S/C16H26N2O/c1-12-7-8-14(11-19-6)9-15(12)10-17-13(2)18-16(3,4)5/h7-9,17-18H,2,10-11H2,1,3-6H3. The highest BCUT2D eigenvalue weighted by Crippen LogP contribution is 2.12. The zero-order valence-corrected chi connectivity index (χ0v) is 12.8. The van der Waals surface area contributed by atoms with Gasteiger partial charge in [-0.15, -0.1) is 0 Å². The van der Waals surface area contributed by atoms with Gasteiger partial charge in [-0.1, -0.05) is 24.8 Å². The van der Waals surface area contributed by atoms with Crippen LogP contribution in [-0.2, 0) is 17.9 Å². The Balaban J connectivity index is 2.61. The fraction of sp³-hybridized carbons (Fsp3) is 0.500. The first kappa shape index (κ1) is 15.6. The molecule has 0 saturated heterocycles. The third kappa shape index (κ3) is 5.79. The highest BCUT2D eigenvalue weighted by Gasteiger charge is 2.09. The van der Waals surface area contributed by atoms with Gasteiger partial charge in [0.1, 0.15) is 0 Å².